The number of nitrogens with one attached hydrogen (secondary N) is 1. The topological polar surface area (TPSA) is 71.8 Å². The van der Waals surface area contributed by atoms with Crippen molar-refractivity contribution in [3.05, 3.63) is 35.9 Å². The number of carbonyl (C=O) groups excluding carboxylic acids is 1. The Hall–Kier alpha value is -2.16. The molecule has 2 aromatic heterocycles. The number of pyridine rings is 1. The maximum Gasteiger partial charge on any atom is 0.230 e. The van der Waals surface area contributed by atoms with Gasteiger partial charge in [0.15, 0.2) is 10.8 Å². The molecule has 1 saturated carbocycles. The molecule has 1 saturated heterocycles. The van der Waals surface area contributed by atoms with Gasteiger partial charge >= 0.3 is 0 Å². The molecule has 170 valence electrons. The second kappa shape index (κ2) is 9.37. The van der Waals surface area contributed by atoms with Crippen LogP contribution in [0.15, 0.2) is 35.5 Å². The third kappa shape index (κ3) is 4.23. The maximum atomic E-state index is 12.8. The molecule has 1 aliphatic heterocycles. The Bertz CT molecular complexity index is 1100. The van der Waals surface area contributed by atoms with E-state index >= 15 is 0 Å². The summed E-state index contributed by atoms with van der Waals surface area (Å²) in [7, 11) is 0. The van der Waals surface area contributed by atoms with Crippen molar-refractivity contribution < 1.29 is 9.53 Å². The maximum absolute atomic E-state index is 12.8. The van der Waals surface area contributed by atoms with Gasteiger partial charge in [0.25, 0.3) is 0 Å². The van der Waals surface area contributed by atoms with E-state index in [-0.39, 0.29) is 11.4 Å². The van der Waals surface area contributed by atoms with Gasteiger partial charge in [-0.3, -0.25) is 14.1 Å². The zero-order valence-corrected chi connectivity index (χ0v) is 19.5. The summed E-state index contributed by atoms with van der Waals surface area (Å²) in [5, 5.41) is 13.9. The second-order valence-corrected chi connectivity index (χ2v) is 9.91. The van der Waals surface area contributed by atoms with Gasteiger partial charge in [-0.15, -0.1) is 10.2 Å². The first-order chi connectivity index (χ1) is 15.7. The highest BCUT2D eigenvalue weighted by molar-refractivity contribution is 7.99. The Morgan fingerprint density at radius 1 is 1.16 bits per heavy atom. The second-order valence-electron chi connectivity index (χ2n) is 8.97. The highest BCUT2D eigenvalue weighted by atomic mass is 32.2. The van der Waals surface area contributed by atoms with E-state index in [1.54, 1.807) is 0 Å². The van der Waals surface area contributed by atoms with Crippen LogP contribution in [0.1, 0.15) is 37.7 Å². The van der Waals surface area contributed by atoms with Gasteiger partial charge in [0.1, 0.15) is 0 Å². The van der Waals surface area contributed by atoms with Crippen molar-refractivity contribution in [2.75, 3.05) is 38.6 Å². The molecule has 2 fully saturated rings. The van der Waals surface area contributed by atoms with Crippen LogP contribution in [0.2, 0.25) is 0 Å². The van der Waals surface area contributed by atoms with E-state index in [0.29, 0.717) is 5.75 Å². The average molecular weight is 454 g/mol. The molecule has 0 radical (unpaired) electrons. The van der Waals surface area contributed by atoms with E-state index in [2.05, 4.69) is 49.9 Å². The van der Waals surface area contributed by atoms with Crippen molar-refractivity contribution in [3.8, 4) is 0 Å². The molecule has 0 bridgehead atoms. The fourth-order valence-corrected chi connectivity index (χ4v) is 6.05. The van der Waals surface area contributed by atoms with Crippen LogP contribution < -0.4 is 5.32 Å². The van der Waals surface area contributed by atoms with E-state index in [1.165, 1.54) is 42.0 Å². The van der Waals surface area contributed by atoms with E-state index in [4.69, 9.17) is 4.74 Å². The summed E-state index contributed by atoms with van der Waals surface area (Å²) in [6.07, 6.45) is 6.07. The largest absolute Gasteiger partial charge is 0.379 e. The fraction of sp³-hybridized carbons (Fsp3) is 0.542. The normalized spacial score (nSPS) is 19.4. The molecule has 1 N–H and O–H groups in total. The van der Waals surface area contributed by atoms with Crippen LogP contribution in [0.4, 0.5) is 0 Å². The molecule has 8 heteroatoms. The number of ether oxygens (including phenoxy) is 1. The zero-order valence-electron chi connectivity index (χ0n) is 18.7. The first-order valence-electron chi connectivity index (χ1n) is 11.6. The van der Waals surface area contributed by atoms with E-state index in [1.807, 2.05) is 12.1 Å². The Morgan fingerprint density at radius 3 is 2.75 bits per heavy atom. The number of thioether (sulfide) groups is 1. The minimum atomic E-state index is 0.0568. The van der Waals surface area contributed by atoms with Crippen molar-refractivity contribution in [3.63, 3.8) is 0 Å². The number of nitrogens with zero attached hydrogens (tertiary/aromatic N) is 4. The Kier molecular flexibility index (Phi) is 6.35. The molecule has 3 aromatic rings. The van der Waals surface area contributed by atoms with E-state index in [0.717, 1.165) is 62.0 Å². The summed E-state index contributed by atoms with van der Waals surface area (Å²) < 4.78 is 7.62. The van der Waals surface area contributed by atoms with Crippen molar-refractivity contribution in [1.29, 1.82) is 0 Å². The highest BCUT2D eigenvalue weighted by Crippen LogP contribution is 2.34. The minimum Gasteiger partial charge on any atom is -0.379 e. The average Bonchev–Trinajstić information content (AvgIpc) is 3.25. The summed E-state index contributed by atoms with van der Waals surface area (Å²) >= 11 is 1.45. The van der Waals surface area contributed by atoms with Crippen molar-refractivity contribution in [1.82, 2.24) is 24.8 Å². The molecule has 32 heavy (non-hydrogen) atoms. The van der Waals surface area contributed by atoms with Gasteiger partial charge < -0.3 is 10.1 Å². The lowest BCUT2D eigenvalue weighted by atomic mass is 9.79. The third-order valence-corrected chi connectivity index (χ3v) is 7.92. The van der Waals surface area contributed by atoms with E-state index < -0.39 is 0 Å². The number of morpholine rings is 1. The summed E-state index contributed by atoms with van der Waals surface area (Å²) in [5.41, 5.74) is 3.15. The number of fused-ring (bicyclic) bond motifs is 3. The molecule has 1 aliphatic carbocycles. The van der Waals surface area contributed by atoms with Crippen LogP contribution in [0.5, 0.6) is 0 Å². The quantitative estimate of drug-likeness (QED) is 0.577. The lowest BCUT2D eigenvalue weighted by Gasteiger charge is -2.48. The number of carbonyl (C=O) groups is 1. The molecule has 0 spiro atoms. The number of hydrogen-bond acceptors (Lipinski definition) is 6. The fourth-order valence-electron chi connectivity index (χ4n) is 5.26. The van der Waals surface area contributed by atoms with Gasteiger partial charge in [-0.1, -0.05) is 49.2 Å². The van der Waals surface area contributed by atoms with Crippen LogP contribution in [-0.4, -0.2) is 69.5 Å². The van der Waals surface area contributed by atoms with Gasteiger partial charge in [0.05, 0.1) is 24.5 Å². The van der Waals surface area contributed by atoms with E-state index in [9.17, 15) is 4.79 Å². The van der Waals surface area contributed by atoms with Crippen LogP contribution in [0, 0.1) is 6.92 Å². The first kappa shape index (κ1) is 21.7. The molecule has 3 heterocycles. The third-order valence-electron chi connectivity index (χ3n) is 6.99. The molecule has 1 aromatic carbocycles. The smallest absolute Gasteiger partial charge is 0.230 e. The molecule has 7 nitrogen and oxygen atoms in total. The Labute approximate surface area is 192 Å². The molecular formula is C24H31N5O2S. The predicted octanol–water partition coefficient (Wildman–Crippen LogP) is 3.43. The molecule has 0 unspecified atom stereocenters. The predicted molar refractivity (Wildman–Crippen MR) is 127 cm³/mol. The van der Waals surface area contributed by atoms with Gasteiger partial charge in [-0.2, -0.15) is 0 Å². The van der Waals surface area contributed by atoms with Gasteiger partial charge in [0.2, 0.25) is 5.91 Å². The van der Waals surface area contributed by atoms with Crippen LogP contribution in [0.25, 0.3) is 16.6 Å². The van der Waals surface area contributed by atoms with Gasteiger partial charge in [-0.05, 0) is 37.5 Å². The molecule has 1 amide bonds. The lowest BCUT2D eigenvalue weighted by Crippen LogP contribution is -2.59. The van der Waals surface area contributed by atoms with Crippen molar-refractivity contribution >= 4 is 34.2 Å². The Morgan fingerprint density at radius 2 is 1.94 bits per heavy atom. The number of aromatic nitrogens is 3. The highest BCUT2D eigenvalue weighted by Gasteiger charge is 2.38. The van der Waals surface area contributed by atoms with Crippen molar-refractivity contribution in [2.24, 2.45) is 0 Å². The summed E-state index contributed by atoms with van der Waals surface area (Å²) in [5.74, 6) is 0.392. The number of aryl methyl sites for hydroxylation is 1. The van der Waals surface area contributed by atoms with Crippen LogP contribution >= 0.6 is 11.8 Å². The molecule has 2 aliphatic rings. The number of rotatable bonds is 6. The SMILES string of the molecule is Cc1cc2nnc(SCC(=O)NCC3(N4CCOCC4)CCCCC3)n2c2ccccc12. The number of benzene rings is 1. The number of hydrogen-bond donors (Lipinski definition) is 1. The van der Waals surface area contributed by atoms with Crippen LogP contribution in [0.3, 0.4) is 0 Å². The number of amides is 1. The summed E-state index contributed by atoms with van der Waals surface area (Å²) in [6, 6.07) is 10.3. The zero-order chi connectivity index (χ0) is 22.0. The standard InChI is InChI=1S/C24H31N5O2S/c1-18-15-21-26-27-23(29(21)20-8-4-3-7-19(18)20)32-16-22(30)25-17-24(9-5-2-6-10-24)28-11-13-31-14-12-28/h3-4,7-8,15H,2,5-6,9-14,16-17H2,1H3,(H,25,30). The van der Waals surface area contributed by atoms with Gasteiger partial charge in [0, 0.05) is 30.6 Å². The van der Waals surface area contributed by atoms with Crippen molar-refractivity contribution in [2.45, 2.75) is 49.7 Å². The lowest BCUT2D eigenvalue weighted by molar-refractivity contribution is -0.119. The molecule has 0 atom stereocenters. The number of para-hydroxylation sites is 1. The molecular weight excluding hydrogens is 422 g/mol. The molecule has 5 rings (SSSR count). The van der Waals surface area contributed by atoms with Crippen LogP contribution in [-0.2, 0) is 9.53 Å². The monoisotopic (exact) mass is 453 g/mol. The summed E-state index contributed by atoms with van der Waals surface area (Å²) in [4.78, 5) is 15.4. The minimum absolute atomic E-state index is 0.0568. The first-order valence-corrected chi connectivity index (χ1v) is 12.6. The van der Waals surface area contributed by atoms with Gasteiger partial charge in [-0.25, -0.2) is 0 Å². The summed E-state index contributed by atoms with van der Waals surface area (Å²) in [6.45, 7) is 6.31. The Balaban J connectivity index is 1.27.